The highest BCUT2D eigenvalue weighted by molar-refractivity contribution is 7.99. The third-order valence-electron chi connectivity index (χ3n) is 5.78. The van der Waals surface area contributed by atoms with E-state index in [9.17, 15) is 4.79 Å². The lowest BCUT2D eigenvalue weighted by molar-refractivity contribution is -0.119. The SMILES string of the molecule is COc1ccc(OC)c(C(C)NC(=O)CSc2nc(N)c3c4c(sc3n2)CC(C)CC4)c1. The predicted octanol–water partition coefficient (Wildman–Crippen LogP) is 4.39. The minimum atomic E-state index is -0.243. The zero-order valence-electron chi connectivity index (χ0n) is 18.7. The van der Waals surface area contributed by atoms with Gasteiger partial charge in [0.05, 0.1) is 31.4 Å². The number of carbonyl (C=O) groups is 1. The van der Waals surface area contributed by atoms with Crippen molar-refractivity contribution < 1.29 is 14.3 Å². The molecule has 3 aromatic rings. The number of thioether (sulfide) groups is 1. The van der Waals surface area contributed by atoms with E-state index in [0.29, 0.717) is 28.4 Å². The number of aryl methyl sites for hydroxylation is 1. The Labute approximate surface area is 196 Å². The molecule has 170 valence electrons. The number of nitrogens with two attached hydrogens (primary N) is 1. The van der Waals surface area contributed by atoms with Crippen molar-refractivity contribution in [3.05, 3.63) is 34.2 Å². The highest BCUT2D eigenvalue weighted by Crippen LogP contribution is 2.40. The molecule has 1 aliphatic carbocycles. The fourth-order valence-electron chi connectivity index (χ4n) is 4.08. The van der Waals surface area contributed by atoms with Gasteiger partial charge in [0.15, 0.2) is 5.16 Å². The van der Waals surface area contributed by atoms with E-state index in [2.05, 4.69) is 17.2 Å². The van der Waals surface area contributed by atoms with Crippen LogP contribution in [0.2, 0.25) is 0 Å². The monoisotopic (exact) mass is 472 g/mol. The predicted molar refractivity (Wildman–Crippen MR) is 130 cm³/mol. The molecule has 3 N–H and O–H groups in total. The first-order valence-electron chi connectivity index (χ1n) is 10.6. The van der Waals surface area contributed by atoms with Gasteiger partial charge in [-0.2, -0.15) is 0 Å². The molecule has 0 aliphatic heterocycles. The maximum Gasteiger partial charge on any atom is 0.230 e. The lowest BCUT2D eigenvalue weighted by Crippen LogP contribution is -2.28. The van der Waals surface area contributed by atoms with Crippen molar-refractivity contribution in [2.24, 2.45) is 5.92 Å². The van der Waals surface area contributed by atoms with E-state index in [1.165, 1.54) is 28.6 Å². The summed E-state index contributed by atoms with van der Waals surface area (Å²) in [6.07, 6.45) is 3.28. The Hall–Kier alpha value is -2.52. The Balaban J connectivity index is 1.44. The first-order chi connectivity index (χ1) is 15.4. The molecule has 4 rings (SSSR count). The van der Waals surface area contributed by atoms with Gasteiger partial charge in [-0.15, -0.1) is 11.3 Å². The fourth-order valence-corrected chi connectivity index (χ4v) is 6.19. The Morgan fingerprint density at radius 3 is 2.91 bits per heavy atom. The maximum atomic E-state index is 12.6. The van der Waals surface area contributed by atoms with E-state index in [1.54, 1.807) is 25.6 Å². The molecule has 1 aromatic carbocycles. The van der Waals surface area contributed by atoms with Gasteiger partial charge in [0.1, 0.15) is 22.1 Å². The Morgan fingerprint density at radius 2 is 2.16 bits per heavy atom. The average Bonchev–Trinajstić information content (AvgIpc) is 3.14. The van der Waals surface area contributed by atoms with Gasteiger partial charge in [-0.05, 0) is 55.9 Å². The van der Waals surface area contributed by atoms with Gasteiger partial charge in [-0.25, -0.2) is 9.97 Å². The number of nitrogen functional groups attached to an aromatic ring is 1. The Morgan fingerprint density at radius 1 is 1.34 bits per heavy atom. The molecule has 32 heavy (non-hydrogen) atoms. The van der Waals surface area contributed by atoms with Gasteiger partial charge in [0.25, 0.3) is 0 Å². The van der Waals surface area contributed by atoms with Crippen LogP contribution in [0.4, 0.5) is 5.82 Å². The number of aromatic nitrogens is 2. The Bertz CT molecular complexity index is 1150. The molecule has 2 unspecified atom stereocenters. The van der Waals surface area contributed by atoms with Crippen LogP contribution in [0.25, 0.3) is 10.2 Å². The standard InChI is InChI=1S/C23H28N4O3S2/c1-12-5-7-15-18(9-12)32-22-20(15)21(24)26-23(27-22)31-11-19(28)25-13(2)16-10-14(29-3)6-8-17(16)30-4/h6,8,10,12-13H,5,7,9,11H2,1-4H3,(H,25,28)(H2,24,26,27). The number of fused-ring (bicyclic) bond motifs is 3. The van der Waals surface area contributed by atoms with Crippen LogP contribution in [0.5, 0.6) is 11.5 Å². The molecule has 7 nitrogen and oxygen atoms in total. The van der Waals surface area contributed by atoms with Crippen LogP contribution < -0.4 is 20.5 Å². The summed E-state index contributed by atoms with van der Waals surface area (Å²) < 4.78 is 10.7. The first-order valence-corrected chi connectivity index (χ1v) is 12.4. The molecule has 0 fully saturated rings. The number of nitrogens with zero attached hydrogens (tertiary/aromatic N) is 2. The molecular weight excluding hydrogens is 444 g/mol. The van der Waals surface area contributed by atoms with Crippen molar-refractivity contribution >= 4 is 45.0 Å². The van der Waals surface area contributed by atoms with Crippen molar-refractivity contribution in [3.8, 4) is 11.5 Å². The van der Waals surface area contributed by atoms with Gasteiger partial charge in [-0.3, -0.25) is 4.79 Å². The number of thiophene rings is 1. The summed E-state index contributed by atoms with van der Waals surface area (Å²) in [6, 6.07) is 5.29. The van der Waals surface area contributed by atoms with Gasteiger partial charge in [-0.1, -0.05) is 18.7 Å². The second-order valence-electron chi connectivity index (χ2n) is 8.11. The molecule has 0 saturated heterocycles. The van der Waals surface area contributed by atoms with Crippen molar-refractivity contribution in [3.63, 3.8) is 0 Å². The molecule has 1 amide bonds. The molecule has 9 heteroatoms. The number of hydrogen-bond donors (Lipinski definition) is 2. The number of methoxy groups -OCH3 is 2. The van der Waals surface area contributed by atoms with E-state index in [1.807, 2.05) is 25.1 Å². The van der Waals surface area contributed by atoms with Crippen LogP contribution >= 0.6 is 23.1 Å². The number of benzene rings is 1. The second-order valence-corrected chi connectivity index (χ2v) is 10.1. The van der Waals surface area contributed by atoms with Crippen molar-refractivity contribution in [1.29, 1.82) is 0 Å². The minimum absolute atomic E-state index is 0.117. The average molecular weight is 473 g/mol. The van der Waals surface area contributed by atoms with E-state index >= 15 is 0 Å². The summed E-state index contributed by atoms with van der Waals surface area (Å²) in [4.78, 5) is 24.1. The normalized spacial score (nSPS) is 16.4. The lowest BCUT2D eigenvalue weighted by atomic mass is 9.89. The quantitative estimate of drug-likeness (QED) is 0.389. The van der Waals surface area contributed by atoms with Crippen LogP contribution in [0, 0.1) is 5.92 Å². The van der Waals surface area contributed by atoms with Gasteiger partial charge in [0, 0.05) is 10.4 Å². The number of rotatable bonds is 7. The molecule has 2 heterocycles. The smallest absolute Gasteiger partial charge is 0.230 e. The van der Waals surface area contributed by atoms with Crippen molar-refractivity contribution in [1.82, 2.24) is 15.3 Å². The molecule has 2 aromatic heterocycles. The van der Waals surface area contributed by atoms with E-state index in [0.717, 1.165) is 28.6 Å². The first kappa shape index (κ1) is 22.7. The molecule has 0 radical (unpaired) electrons. The highest BCUT2D eigenvalue weighted by atomic mass is 32.2. The number of carbonyl (C=O) groups excluding carboxylic acids is 1. The van der Waals surface area contributed by atoms with Crippen LogP contribution in [0.3, 0.4) is 0 Å². The van der Waals surface area contributed by atoms with E-state index in [4.69, 9.17) is 20.2 Å². The number of ether oxygens (including phenoxy) is 2. The maximum absolute atomic E-state index is 12.6. The number of anilines is 1. The van der Waals surface area contributed by atoms with Gasteiger partial charge >= 0.3 is 0 Å². The molecule has 0 saturated carbocycles. The number of amides is 1. The summed E-state index contributed by atoms with van der Waals surface area (Å²) in [6.45, 7) is 4.20. The zero-order chi connectivity index (χ0) is 22.8. The highest BCUT2D eigenvalue weighted by Gasteiger charge is 2.23. The third kappa shape index (κ3) is 4.63. The molecule has 2 atom stereocenters. The van der Waals surface area contributed by atoms with Gasteiger partial charge in [0.2, 0.25) is 5.91 Å². The molecule has 1 aliphatic rings. The van der Waals surface area contributed by atoms with Crippen molar-refractivity contribution in [2.75, 3.05) is 25.7 Å². The zero-order valence-corrected chi connectivity index (χ0v) is 20.4. The van der Waals surface area contributed by atoms with Crippen LogP contribution in [0.1, 0.15) is 42.3 Å². The van der Waals surface area contributed by atoms with Crippen LogP contribution in [0.15, 0.2) is 23.4 Å². The third-order valence-corrected chi connectivity index (χ3v) is 7.77. The second kappa shape index (κ2) is 9.54. The summed E-state index contributed by atoms with van der Waals surface area (Å²) in [5.41, 5.74) is 8.47. The van der Waals surface area contributed by atoms with Gasteiger partial charge < -0.3 is 20.5 Å². The minimum Gasteiger partial charge on any atom is -0.497 e. The lowest BCUT2D eigenvalue weighted by Gasteiger charge is -2.18. The largest absolute Gasteiger partial charge is 0.497 e. The summed E-state index contributed by atoms with van der Waals surface area (Å²) in [7, 11) is 3.22. The van der Waals surface area contributed by atoms with Crippen LogP contribution in [-0.4, -0.2) is 35.8 Å². The summed E-state index contributed by atoms with van der Waals surface area (Å²) in [5, 5.41) is 4.54. The molecule has 0 spiro atoms. The van der Waals surface area contributed by atoms with E-state index in [-0.39, 0.29) is 17.7 Å². The molecular formula is C23H28N4O3S2. The Kier molecular flexibility index (Phi) is 6.76. The topological polar surface area (TPSA) is 99.4 Å². The summed E-state index contributed by atoms with van der Waals surface area (Å²) >= 11 is 3.01. The molecule has 0 bridgehead atoms. The number of nitrogens with one attached hydrogen (secondary N) is 1. The number of hydrogen-bond acceptors (Lipinski definition) is 8. The summed E-state index contributed by atoms with van der Waals surface area (Å²) in [5.74, 6) is 2.69. The fraction of sp³-hybridized carbons (Fsp3) is 0.435. The van der Waals surface area contributed by atoms with E-state index < -0.39 is 0 Å². The van der Waals surface area contributed by atoms with Crippen molar-refractivity contribution in [2.45, 2.75) is 44.3 Å². The van der Waals surface area contributed by atoms with Crippen LogP contribution in [-0.2, 0) is 17.6 Å².